The Bertz CT molecular complexity index is 287. The van der Waals surface area contributed by atoms with Crippen LogP contribution in [0.25, 0.3) is 0 Å². The number of nitrogens with zero attached hydrogens (tertiary/aromatic N) is 2. The van der Waals surface area contributed by atoms with E-state index >= 15 is 0 Å². The van der Waals surface area contributed by atoms with E-state index in [0.29, 0.717) is 12.3 Å². The standard InChI is InChI=1S/C12H23N3O2/c1-3-7-15(8-9-5-6-9)12(16)10(4-2)11(13)14-17/h9-10,17H,3-8H2,1-2H3,(H2,13,14). The third-order valence-electron chi connectivity index (χ3n) is 3.16. The van der Waals surface area contributed by atoms with Gasteiger partial charge in [-0.05, 0) is 31.6 Å². The quantitative estimate of drug-likeness (QED) is 0.306. The number of hydrogen-bond donors (Lipinski definition) is 2. The van der Waals surface area contributed by atoms with E-state index in [1.165, 1.54) is 12.8 Å². The molecule has 0 aliphatic heterocycles. The largest absolute Gasteiger partial charge is 0.409 e. The molecule has 1 unspecified atom stereocenters. The molecule has 1 fully saturated rings. The summed E-state index contributed by atoms with van der Waals surface area (Å²) in [7, 11) is 0. The topological polar surface area (TPSA) is 78.9 Å². The van der Waals surface area contributed by atoms with E-state index in [4.69, 9.17) is 10.9 Å². The van der Waals surface area contributed by atoms with E-state index in [1.807, 2.05) is 11.8 Å². The maximum atomic E-state index is 12.3. The summed E-state index contributed by atoms with van der Waals surface area (Å²) in [5, 5.41) is 11.6. The van der Waals surface area contributed by atoms with Crippen LogP contribution in [0.3, 0.4) is 0 Å². The SMILES string of the molecule is CCCN(CC1CC1)C(=O)C(CC)C(N)=NO. The van der Waals surface area contributed by atoms with E-state index in [0.717, 1.165) is 19.5 Å². The second-order valence-electron chi connectivity index (χ2n) is 4.71. The van der Waals surface area contributed by atoms with Crippen molar-refractivity contribution in [3.05, 3.63) is 0 Å². The molecule has 98 valence electrons. The number of carbonyl (C=O) groups is 1. The lowest BCUT2D eigenvalue weighted by Gasteiger charge is -2.26. The number of rotatable bonds is 7. The third-order valence-corrected chi connectivity index (χ3v) is 3.16. The van der Waals surface area contributed by atoms with Crippen LogP contribution in [-0.4, -0.2) is 34.9 Å². The number of nitrogens with two attached hydrogens (primary N) is 1. The molecule has 0 radical (unpaired) electrons. The molecule has 1 amide bonds. The molecule has 3 N–H and O–H groups in total. The number of amidine groups is 1. The number of hydrogen-bond acceptors (Lipinski definition) is 3. The van der Waals surface area contributed by atoms with Gasteiger partial charge in [-0.1, -0.05) is 19.0 Å². The van der Waals surface area contributed by atoms with Crippen LogP contribution < -0.4 is 5.73 Å². The van der Waals surface area contributed by atoms with Crippen molar-refractivity contribution in [2.45, 2.75) is 39.5 Å². The number of oxime groups is 1. The highest BCUT2D eigenvalue weighted by Crippen LogP contribution is 2.30. The summed E-state index contributed by atoms with van der Waals surface area (Å²) in [5.41, 5.74) is 5.56. The van der Waals surface area contributed by atoms with Crippen molar-refractivity contribution in [1.29, 1.82) is 0 Å². The molecule has 5 heteroatoms. The Morgan fingerprint density at radius 1 is 1.53 bits per heavy atom. The van der Waals surface area contributed by atoms with E-state index in [9.17, 15) is 4.79 Å². The maximum absolute atomic E-state index is 12.3. The first-order valence-corrected chi connectivity index (χ1v) is 6.40. The van der Waals surface area contributed by atoms with Crippen LogP contribution in [0.4, 0.5) is 0 Å². The molecule has 0 saturated heterocycles. The molecule has 1 rings (SSSR count). The monoisotopic (exact) mass is 241 g/mol. The van der Waals surface area contributed by atoms with Crippen LogP contribution in [-0.2, 0) is 4.79 Å². The fraction of sp³-hybridized carbons (Fsp3) is 0.833. The van der Waals surface area contributed by atoms with E-state index in [-0.39, 0.29) is 11.7 Å². The molecule has 1 aliphatic carbocycles. The Morgan fingerprint density at radius 2 is 2.18 bits per heavy atom. The van der Waals surface area contributed by atoms with Crippen molar-refractivity contribution in [3.63, 3.8) is 0 Å². The highest BCUT2D eigenvalue weighted by molar-refractivity contribution is 6.02. The lowest BCUT2D eigenvalue weighted by Crippen LogP contribution is -2.43. The van der Waals surface area contributed by atoms with E-state index in [1.54, 1.807) is 0 Å². The lowest BCUT2D eigenvalue weighted by molar-refractivity contribution is -0.133. The molecule has 0 aromatic rings. The van der Waals surface area contributed by atoms with Gasteiger partial charge in [0.15, 0.2) is 5.84 Å². The molecule has 0 aromatic carbocycles. The van der Waals surface area contributed by atoms with Gasteiger partial charge in [0.1, 0.15) is 0 Å². The van der Waals surface area contributed by atoms with Crippen molar-refractivity contribution in [2.24, 2.45) is 22.7 Å². The summed E-state index contributed by atoms with van der Waals surface area (Å²) in [6, 6.07) is 0. The van der Waals surface area contributed by atoms with Crippen LogP contribution >= 0.6 is 0 Å². The minimum atomic E-state index is -0.481. The molecule has 1 saturated carbocycles. The molecule has 0 bridgehead atoms. The number of amides is 1. The summed E-state index contributed by atoms with van der Waals surface area (Å²) in [6.07, 6.45) is 3.94. The van der Waals surface area contributed by atoms with E-state index < -0.39 is 5.92 Å². The fourth-order valence-corrected chi connectivity index (χ4v) is 1.97. The Balaban J connectivity index is 2.65. The zero-order valence-electron chi connectivity index (χ0n) is 10.7. The fourth-order valence-electron chi connectivity index (χ4n) is 1.97. The van der Waals surface area contributed by atoms with Gasteiger partial charge < -0.3 is 15.8 Å². The zero-order chi connectivity index (χ0) is 12.8. The summed E-state index contributed by atoms with van der Waals surface area (Å²) in [6.45, 7) is 5.51. The Hall–Kier alpha value is -1.26. The minimum Gasteiger partial charge on any atom is -0.409 e. The first-order valence-electron chi connectivity index (χ1n) is 6.40. The van der Waals surface area contributed by atoms with Crippen LogP contribution in [0.15, 0.2) is 5.16 Å². The molecular formula is C12H23N3O2. The summed E-state index contributed by atoms with van der Waals surface area (Å²) < 4.78 is 0. The van der Waals surface area contributed by atoms with Gasteiger partial charge in [-0.15, -0.1) is 0 Å². The molecule has 0 heterocycles. The number of carbonyl (C=O) groups excluding carboxylic acids is 1. The van der Waals surface area contributed by atoms with Crippen molar-refractivity contribution in [2.75, 3.05) is 13.1 Å². The van der Waals surface area contributed by atoms with Crippen molar-refractivity contribution < 1.29 is 10.0 Å². The second-order valence-corrected chi connectivity index (χ2v) is 4.71. The molecular weight excluding hydrogens is 218 g/mol. The first-order chi connectivity index (χ1) is 8.13. The van der Waals surface area contributed by atoms with Gasteiger partial charge in [0.25, 0.3) is 0 Å². The predicted octanol–water partition coefficient (Wildman–Crippen LogP) is 1.41. The average Bonchev–Trinajstić information content (AvgIpc) is 3.12. The highest BCUT2D eigenvalue weighted by atomic mass is 16.4. The van der Waals surface area contributed by atoms with Gasteiger partial charge in [-0.3, -0.25) is 4.79 Å². The van der Waals surface area contributed by atoms with Crippen molar-refractivity contribution in [3.8, 4) is 0 Å². The van der Waals surface area contributed by atoms with Gasteiger partial charge in [-0.2, -0.15) is 0 Å². The maximum Gasteiger partial charge on any atom is 0.233 e. The first kappa shape index (κ1) is 13.8. The van der Waals surface area contributed by atoms with Gasteiger partial charge in [0.05, 0.1) is 5.92 Å². The Kier molecular flexibility index (Phi) is 5.25. The van der Waals surface area contributed by atoms with Crippen LogP contribution in [0.2, 0.25) is 0 Å². The van der Waals surface area contributed by atoms with E-state index in [2.05, 4.69) is 12.1 Å². The highest BCUT2D eigenvalue weighted by Gasteiger charge is 2.31. The normalized spacial score (nSPS) is 17.9. The lowest BCUT2D eigenvalue weighted by atomic mass is 10.0. The smallest absolute Gasteiger partial charge is 0.233 e. The summed E-state index contributed by atoms with van der Waals surface area (Å²) in [5.74, 6) is 0.201. The molecule has 0 aromatic heterocycles. The van der Waals surface area contributed by atoms with Crippen LogP contribution in [0, 0.1) is 11.8 Å². The van der Waals surface area contributed by atoms with Gasteiger partial charge >= 0.3 is 0 Å². The van der Waals surface area contributed by atoms with Crippen molar-refractivity contribution >= 4 is 11.7 Å². The minimum absolute atomic E-state index is 0.00319. The van der Waals surface area contributed by atoms with Crippen molar-refractivity contribution in [1.82, 2.24) is 4.90 Å². The Labute approximate surface area is 103 Å². The molecule has 1 aliphatic rings. The van der Waals surface area contributed by atoms with Crippen LogP contribution in [0.1, 0.15) is 39.5 Å². The molecule has 0 spiro atoms. The summed E-state index contributed by atoms with van der Waals surface area (Å²) >= 11 is 0. The van der Waals surface area contributed by atoms with Gasteiger partial charge in [0, 0.05) is 13.1 Å². The van der Waals surface area contributed by atoms with Gasteiger partial charge in [-0.25, -0.2) is 0 Å². The summed E-state index contributed by atoms with van der Waals surface area (Å²) in [4.78, 5) is 14.1. The zero-order valence-corrected chi connectivity index (χ0v) is 10.7. The average molecular weight is 241 g/mol. The second kappa shape index (κ2) is 6.47. The molecule has 1 atom stereocenters. The van der Waals surface area contributed by atoms with Crippen LogP contribution in [0.5, 0.6) is 0 Å². The third kappa shape index (κ3) is 3.91. The Morgan fingerprint density at radius 3 is 2.59 bits per heavy atom. The molecule has 17 heavy (non-hydrogen) atoms. The van der Waals surface area contributed by atoms with Gasteiger partial charge in [0.2, 0.25) is 5.91 Å². The molecule has 5 nitrogen and oxygen atoms in total. The predicted molar refractivity (Wildman–Crippen MR) is 66.8 cm³/mol.